The first-order chi connectivity index (χ1) is 15.2. The first-order valence-electron chi connectivity index (χ1n) is 10.1. The maximum Gasteiger partial charge on any atom is 0.271 e. The van der Waals surface area contributed by atoms with E-state index in [1.54, 1.807) is 12.1 Å². The van der Waals surface area contributed by atoms with Crippen molar-refractivity contribution < 1.29 is 33.0 Å². The van der Waals surface area contributed by atoms with Gasteiger partial charge in [0.2, 0.25) is 5.91 Å². The van der Waals surface area contributed by atoms with E-state index in [1.807, 2.05) is 13.8 Å². The second-order valence-corrected chi connectivity index (χ2v) is 7.92. The lowest BCUT2D eigenvalue weighted by Gasteiger charge is -2.26. The molecule has 172 valence electrons. The average molecular weight is 448 g/mol. The smallest absolute Gasteiger partial charge is 0.271 e. The van der Waals surface area contributed by atoms with E-state index in [1.165, 1.54) is 19.2 Å². The van der Waals surface area contributed by atoms with Gasteiger partial charge in [-0.1, -0.05) is 13.8 Å². The molecule has 0 saturated heterocycles. The van der Waals surface area contributed by atoms with E-state index < -0.39 is 24.1 Å². The minimum Gasteiger partial charge on any atom is -0.530 e. The summed E-state index contributed by atoms with van der Waals surface area (Å²) in [5.41, 5.74) is 1.32. The molecule has 1 unspecified atom stereocenters. The molecule has 1 aliphatic heterocycles. The number of benzene rings is 1. The minimum absolute atomic E-state index is 0.0155. The third kappa shape index (κ3) is 5.43. The van der Waals surface area contributed by atoms with Crippen LogP contribution in [0.4, 0.5) is 19.4 Å². The lowest BCUT2D eigenvalue weighted by molar-refractivity contribution is -0.252. The molecule has 1 aliphatic rings. The van der Waals surface area contributed by atoms with Gasteiger partial charge in [-0.25, -0.2) is 13.8 Å². The first kappa shape index (κ1) is 23.2. The molecule has 2 heterocycles. The van der Waals surface area contributed by atoms with Crippen LogP contribution in [0.25, 0.3) is 11.1 Å². The second kappa shape index (κ2) is 9.80. The van der Waals surface area contributed by atoms with Crippen LogP contribution in [0.2, 0.25) is 0 Å². The predicted molar refractivity (Wildman–Crippen MR) is 111 cm³/mol. The number of nitrogens with zero attached hydrogens (tertiary/aromatic N) is 1. The van der Waals surface area contributed by atoms with Gasteiger partial charge < -0.3 is 30.0 Å². The summed E-state index contributed by atoms with van der Waals surface area (Å²) in [5.74, 6) is 0.0427. The Morgan fingerprint density at radius 2 is 2.03 bits per heavy atom. The molecule has 1 aromatic heterocycles. The zero-order valence-corrected chi connectivity index (χ0v) is 17.9. The summed E-state index contributed by atoms with van der Waals surface area (Å²) in [6, 6.07) is 3.99. The summed E-state index contributed by atoms with van der Waals surface area (Å²) in [6.07, 6.45) is -2.37. The summed E-state index contributed by atoms with van der Waals surface area (Å²) < 4.78 is 39.3. The Morgan fingerprint density at radius 3 is 2.66 bits per heavy atom. The van der Waals surface area contributed by atoms with Crippen molar-refractivity contribution in [2.75, 3.05) is 11.9 Å². The standard InChI is InChI=1S/C22H25F2N3O5/c1-11(2)6-14(27-22(29)30)10-31-17-5-4-15-16-7-18(26-12(3)28)25-8-13(16)9-32-20(15)19(17)21(23)24/h4-5,7-8,11,14,21,27H,6,9-10H2,1-3H3,(H,29,30)(H,25,26,28)/p-1. The van der Waals surface area contributed by atoms with Gasteiger partial charge in [0.05, 0.1) is 6.04 Å². The summed E-state index contributed by atoms with van der Waals surface area (Å²) in [7, 11) is 0. The Labute approximate surface area is 183 Å². The highest BCUT2D eigenvalue weighted by molar-refractivity contribution is 5.89. The second-order valence-electron chi connectivity index (χ2n) is 7.92. The molecule has 3 rings (SSSR count). The van der Waals surface area contributed by atoms with E-state index >= 15 is 0 Å². The van der Waals surface area contributed by atoms with Crippen LogP contribution < -0.4 is 25.2 Å². The van der Waals surface area contributed by atoms with Gasteiger partial charge in [-0.3, -0.25) is 4.79 Å². The number of hydrogen-bond donors (Lipinski definition) is 2. The van der Waals surface area contributed by atoms with Crippen LogP contribution in [-0.4, -0.2) is 29.6 Å². The Morgan fingerprint density at radius 1 is 1.28 bits per heavy atom. The maximum absolute atomic E-state index is 14.0. The Balaban J connectivity index is 1.94. The molecule has 0 bridgehead atoms. The van der Waals surface area contributed by atoms with Gasteiger partial charge in [0.15, 0.2) is 0 Å². The molecule has 0 aliphatic carbocycles. The molecule has 0 spiro atoms. The number of amides is 2. The van der Waals surface area contributed by atoms with Crippen LogP contribution >= 0.6 is 0 Å². The molecule has 2 N–H and O–H groups in total. The highest BCUT2D eigenvalue weighted by Crippen LogP contribution is 2.47. The SMILES string of the molecule is CC(=O)Nc1cc2c(cn1)COc1c-2ccc(OCC(CC(C)C)NC(=O)[O-])c1C(F)F. The number of alkyl halides is 2. The molecule has 1 atom stereocenters. The van der Waals surface area contributed by atoms with Gasteiger partial charge in [0.25, 0.3) is 6.43 Å². The monoisotopic (exact) mass is 448 g/mol. The van der Waals surface area contributed by atoms with E-state index in [2.05, 4.69) is 15.6 Å². The van der Waals surface area contributed by atoms with Gasteiger partial charge in [-0.05, 0) is 36.1 Å². The lowest BCUT2D eigenvalue weighted by Crippen LogP contribution is -2.46. The van der Waals surface area contributed by atoms with Crippen LogP contribution in [0, 0.1) is 5.92 Å². The molecule has 8 nitrogen and oxygen atoms in total. The number of carbonyl (C=O) groups is 2. The number of ether oxygens (including phenoxy) is 2. The molecule has 0 fully saturated rings. The zero-order chi connectivity index (χ0) is 23.4. The van der Waals surface area contributed by atoms with Crippen LogP contribution in [0.1, 0.15) is 44.7 Å². The molecule has 32 heavy (non-hydrogen) atoms. The molecule has 10 heteroatoms. The molecule has 2 amide bonds. The van der Waals surface area contributed by atoms with Gasteiger partial charge in [0, 0.05) is 24.2 Å². The summed E-state index contributed by atoms with van der Waals surface area (Å²) in [4.78, 5) is 26.4. The van der Waals surface area contributed by atoms with Crippen molar-refractivity contribution in [2.24, 2.45) is 5.92 Å². The van der Waals surface area contributed by atoms with Crippen molar-refractivity contribution in [1.82, 2.24) is 10.3 Å². The largest absolute Gasteiger partial charge is 0.530 e. The minimum atomic E-state index is -2.89. The average Bonchev–Trinajstić information content (AvgIpc) is 2.69. The highest BCUT2D eigenvalue weighted by atomic mass is 19.3. The number of anilines is 1. The predicted octanol–water partition coefficient (Wildman–Crippen LogP) is 3.26. The van der Waals surface area contributed by atoms with Gasteiger partial charge >= 0.3 is 0 Å². The number of pyridine rings is 1. The van der Waals surface area contributed by atoms with Crippen molar-refractivity contribution in [3.63, 3.8) is 0 Å². The van der Waals surface area contributed by atoms with Crippen molar-refractivity contribution in [1.29, 1.82) is 0 Å². The van der Waals surface area contributed by atoms with Gasteiger partial charge in [-0.15, -0.1) is 0 Å². The maximum atomic E-state index is 14.0. The third-order valence-electron chi connectivity index (χ3n) is 4.84. The number of halogens is 2. The van der Waals surface area contributed by atoms with E-state index in [-0.39, 0.29) is 36.5 Å². The van der Waals surface area contributed by atoms with Crippen LogP contribution in [-0.2, 0) is 11.4 Å². The van der Waals surface area contributed by atoms with Crippen molar-refractivity contribution in [3.05, 3.63) is 35.5 Å². The zero-order valence-electron chi connectivity index (χ0n) is 17.9. The van der Waals surface area contributed by atoms with Gasteiger partial charge in [0.1, 0.15) is 42.2 Å². The topological polar surface area (TPSA) is 113 Å². The van der Waals surface area contributed by atoms with Crippen LogP contribution in [0.15, 0.2) is 24.4 Å². The van der Waals surface area contributed by atoms with Crippen molar-refractivity contribution >= 4 is 17.8 Å². The molecule has 1 aromatic carbocycles. The Hall–Kier alpha value is -3.43. The first-order valence-corrected chi connectivity index (χ1v) is 10.1. The van der Waals surface area contributed by atoms with Crippen LogP contribution in [0.5, 0.6) is 11.5 Å². The highest BCUT2D eigenvalue weighted by Gasteiger charge is 2.29. The van der Waals surface area contributed by atoms with E-state index in [4.69, 9.17) is 9.47 Å². The Bertz CT molecular complexity index is 1010. The van der Waals surface area contributed by atoms with Gasteiger partial charge in [-0.2, -0.15) is 0 Å². The lowest BCUT2D eigenvalue weighted by atomic mass is 9.95. The fourth-order valence-electron chi connectivity index (χ4n) is 3.62. The fraction of sp³-hybridized carbons (Fsp3) is 0.409. The quantitative estimate of drug-likeness (QED) is 0.641. The number of carbonyl (C=O) groups excluding carboxylic acids is 2. The number of nitrogens with one attached hydrogen (secondary N) is 2. The molecule has 0 radical (unpaired) electrons. The normalized spacial score (nSPS) is 13.1. The number of rotatable bonds is 8. The van der Waals surface area contributed by atoms with E-state index in [9.17, 15) is 23.5 Å². The molecular weight excluding hydrogens is 424 g/mol. The summed E-state index contributed by atoms with van der Waals surface area (Å²) >= 11 is 0. The number of hydrogen-bond acceptors (Lipinski definition) is 6. The van der Waals surface area contributed by atoms with Crippen LogP contribution in [0.3, 0.4) is 0 Å². The summed E-state index contributed by atoms with van der Waals surface area (Å²) in [5, 5.41) is 15.8. The molecule has 0 saturated carbocycles. The Kier molecular flexibility index (Phi) is 7.12. The van der Waals surface area contributed by atoms with Crippen molar-refractivity contribution in [3.8, 4) is 22.6 Å². The summed E-state index contributed by atoms with van der Waals surface area (Å²) in [6.45, 7) is 5.04. The third-order valence-corrected chi connectivity index (χ3v) is 4.84. The number of carboxylic acid groups (broad SMARTS) is 1. The fourth-order valence-corrected chi connectivity index (χ4v) is 3.62. The molecular formula is C22H24F2N3O5-. The van der Waals surface area contributed by atoms with Crippen molar-refractivity contribution in [2.45, 2.75) is 46.3 Å². The number of aromatic nitrogens is 1. The number of fused-ring (bicyclic) bond motifs is 3. The molecule has 2 aromatic rings. The van der Waals surface area contributed by atoms with E-state index in [0.717, 1.165) is 0 Å². The van der Waals surface area contributed by atoms with E-state index in [0.29, 0.717) is 28.9 Å².